The summed E-state index contributed by atoms with van der Waals surface area (Å²) in [5, 5.41) is 3.25. The number of amides is 1. The average molecular weight is 469 g/mol. The summed E-state index contributed by atoms with van der Waals surface area (Å²) in [6.45, 7) is 4.88. The van der Waals surface area contributed by atoms with Crippen molar-refractivity contribution in [2.24, 2.45) is 5.92 Å². The summed E-state index contributed by atoms with van der Waals surface area (Å²) in [6.07, 6.45) is 6.77. The second kappa shape index (κ2) is 10.4. The van der Waals surface area contributed by atoms with Crippen molar-refractivity contribution < 1.29 is 13.2 Å². The Balaban J connectivity index is 1.34. The monoisotopic (exact) mass is 468 g/mol. The fraction of sp³-hybridized carbons (Fsp3) is 0.519. The lowest BCUT2D eigenvalue weighted by atomic mass is 9.88. The fourth-order valence-corrected chi connectivity index (χ4v) is 6.73. The van der Waals surface area contributed by atoms with E-state index in [-0.39, 0.29) is 23.6 Å². The first-order valence-corrected chi connectivity index (χ1v) is 13.9. The van der Waals surface area contributed by atoms with Gasteiger partial charge in [0, 0.05) is 19.0 Å². The van der Waals surface area contributed by atoms with Crippen molar-refractivity contribution in [2.45, 2.75) is 70.6 Å². The van der Waals surface area contributed by atoms with Gasteiger partial charge in [0.2, 0.25) is 15.9 Å². The molecule has 0 radical (unpaired) electrons. The van der Waals surface area contributed by atoms with Gasteiger partial charge in [-0.15, -0.1) is 0 Å². The minimum absolute atomic E-state index is 0.00723. The van der Waals surface area contributed by atoms with E-state index in [2.05, 4.69) is 30.4 Å². The molecule has 2 aromatic rings. The van der Waals surface area contributed by atoms with E-state index in [9.17, 15) is 13.2 Å². The average Bonchev–Trinajstić information content (AvgIpc) is 2.82. The van der Waals surface area contributed by atoms with Gasteiger partial charge < -0.3 is 5.32 Å². The molecule has 4 rings (SSSR count). The maximum atomic E-state index is 13.0. The van der Waals surface area contributed by atoms with Crippen molar-refractivity contribution in [1.29, 1.82) is 0 Å². The van der Waals surface area contributed by atoms with Crippen LogP contribution in [0.3, 0.4) is 0 Å². The van der Waals surface area contributed by atoms with E-state index in [1.54, 1.807) is 4.31 Å². The minimum Gasteiger partial charge on any atom is -0.349 e. The molecule has 1 amide bonds. The van der Waals surface area contributed by atoms with Gasteiger partial charge in [0.25, 0.3) is 0 Å². The number of carbonyl (C=O) groups excluding carboxylic acids is 1. The highest BCUT2D eigenvalue weighted by Gasteiger charge is 2.32. The first-order chi connectivity index (χ1) is 15.9. The van der Waals surface area contributed by atoms with E-state index < -0.39 is 10.0 Å². The molecule has 6 heteroatoms. The molecule has 2 aromatic carbocycles. The zero-order valence-electron chi connectivity index (χ0n) is 19.8. The molecule has 1 saturated heterocycles. The number of benzene rings is 2. The third-order valence-corrected chi connectivity index (χ3v) is 9.00. The van der Waals surface area contributed by atoms with Gasteiger partial charge in [-0.1, -0.05) is 55.0 Å². The summed E-state index contributed by atoms with van der Waals surface area (Å²) >= 11 is 0. The predicted molar refractivity (Wildman–Crippen MR) is 132 cm³/mol. The molecular weight excluding hydrogens is 432 g/mol. The largest absolute Gasteiger partial charge is 0.349 e. The van der Waals surface area contributed by atoms with Crippen LogP contribution in [-0.2, 0) is 33.4 Å². The molecule has 0 spiro atoms. The number of piperidine rings is 1. The maximum absolute atomic E-state index is 13.0. The van der Waals surface area contributed by atoms with Gasteiger partial charge in [0.1, 0.15) is 0 Å². The van der Waals surface area contributed by atoms with Crippen molar-refractivity contribution in [3.8, 4) is 0 Å². The molecule has 1 heterocycles. The molecule has 1 aliphatic carbocycles. The van der Waals surface area contributed by atoms with Crippen molar-refractivity contribution in [3.05, 3.63) is 70.3 Å². The Hall–Kier alpha value is -2.18. The third-order valence-electron chi connectivity index (χ3n) is 7.15. The third kappa shape index (κ3) is 5.85. The van der Waals surface area contributed by atoms with Crippen LogP contribution < -0.4 is 5.32 Å². The second-order valence-corrected chi connectivity index (χ2v) is 11.6. The maximum Gasteiger partial charge on any atom is 0.223 e. The van der Waals surface area contributed by atoms with E-state index in [1.807, 2.05) is 31.2 Å². The molecule has 1 atom stereocenters. The number of aryl methyl sites for hydroxylation is 3. The molecule has 0 unspecified atom stereocenters. The lowest BCUT2D eigenvalue weighted by molar-refractivity contribution is -0.126. The second-order valence-electron chi connectivity index (χ2n) is 9.62. The fourth-order valence-electron chi connectivity index (χ4n) is 5.18. The zero-order chi connectivity index (χ0) is 23.4. The SMILES string of the molecule is CC[C@H](NC(=O)C1CCN(S(=O)(=O)Cc2cccc(C)c2)CC1)c1ccc2c(c1)CCCC2. The number of hydrogen-bond donors (Lipinski definition) is 1. The van der Waals surface area contributed by atoms with Gasteiger partial charge in [-0.2, -0.15) is 0 Å². The first-order valence-electron chi connectivity index (χ1n) is 12.3. The van der Waals surface area contributed by atoms with Crippen LogP contribution in [0.1, 0.15) is 72.9 Å². The molecule has 178 valence electrons. The Kier molecular flexibility index (Phi) is 7.55. The summed E-state index contributed by atoms with van der Waals surface area (Å²) < 4.78 is 27.3. The van der Waals surface area contributed by atoms with Crippen LogP contribution in [0, 0.1) is 12.8 Å². The summed E-state index contributed by atoms with van der Waals surface area (Å²) in [5.74, 6) is -0.0701. The Morgan fingerprint density at radius 2 is 1.79 bits per heavy atom. The van der Waals surface area contributed by atoms with Crippen LogP contribution in [0.15, 0.2) is 42.5 Å². The summed E-state index contributed by atoms with van der Waals surface area (Å²) in [4.78, 5) is 13.0. The van der Waals surface area contributed by atoms with E-state index >= 15 is 0 Å². The Morgan fingerprint density at radius 1 is 1.06 bits per heavy atom. The molecule has 0 bridgehead atoms. The predicted octanol–water partition coefficient (Wildman–Crippen LogP) is 4.68. The van der Waals surface area contributed by atoms with E-state index in [0.717, 1.165) is 30.4 Å². The zero-order valence-corrected chi connectivity index (χ0v) is 20.7. The Bertz CT molecular complexity index is 1090. The highest BCUT2D eigenvalue weighted by Crippen LogP contribution is 2.27. The van der Waals surface area contributed by atoms with E-state index in [4.69, 9.17) is 0 Å². The molecule has 33 heavy (non-hydrogen) atoms. The van der Waals surface area contributed by atoms with Crippen molar-refractivity contribution in [1.82, 2.24) is 9.62 Å². The van der Waals surface area contributed by atoms with Crippen LogP contribution in [0.2, 0.25) is 0 Å². The topological polar surface area (TPSA) is 66.5 Å². The molecule has 0 aromatic heterocycles. The number of carbonyl (C=O) groups is 1. The smallest absolute Gasteiger partial charge is 0.223 e. The molecule has 2 aliphatic rings. The van der Waals surface area contributed by atoms with Crippen LogP contribution >= 0.6 is 0 Å². The van der Waals surface area contributed by atoms with Gasteiger partial charge in [-0.3, -0.25) is 4.79 Å². The molecule has 5 nitrogen and oxygen atoms in total. The Morgan fingerprint density at radius 3 is 2.48 bits per heavy atom. The lowest BCUT2D eigenvalue weighted by Crippen LogP contribution is -2.44. The molecule has 1 fully saturated rings. The van der Waals surface area contributed by atoms with Gasteiger partial charge in [0.15, 0.2) is 0 Å². The highest BCUT2D eigenvalue weighted by atomic mass is 32.2. The van der Waals surface area contributed by atoms with Gasteiger partial charge in [0.05, 0.1) is 11.8 Å². The van der Waals surface area contributed by atoms with E-state index in [0.29, 0.717) is 25.9 Å². The highest BCUT2D eigenvalue weighted by molar-refractivity contribution is 7.88. The number of fused-ring (bicyclic) bond motifs is 1. The van der Waals surface area contributed by atoms with Crippen LogP contribution in [0.25, 0.3) is 0 Å². The Labute approximate surface area is 198 Å². The van der Waals surface area contributed by atoms with E-state index in [1.165, 1.54) is 29.5 Å². The number of sulfonamides is 1. The van der Waals surface area contributed by atoms with Crippen molar-refractivity contribution >= 4 is 15.9 Å². The van der Waals surface area contributed by atoms with Crippen molar-refractivity contribution in [3.63, 3.8) is 0 Å². The quantitative estimate of drug-likeness (QED) is 0.641. The standard InChI is InChI=1S/C27H36N2O3S/c1-3-26(25-12-11-22-9-4-5-10-24(22)18-25)28-27(30)23-13-15-29(16-14-23)33(31,32)19-21-8-6-7-20(2)17-21/h6-8,11-12,17-18,23,26H,3-5,9-10,13-16,19H2,1-2H3,(H,28,30)/t26-/m0/s1. The summed E-state index contributed by atoms with van der Waals surface area (Å²) in [6, 6.07) is 14.3. The van der Waals surface area contributed by atoms with Crippen LogP contribution in [0.5, 0.6) is 0 Å². The molecular formula is C27H36N2O3S. The number of nitrogens with zero attached hydrogens (tertiary/aromatic N) is 1. The van der Waals surface area contributed by atoms with Crippen LogP contribution in [0.4, 0.5) is 0 Å². The van der Waals surface area contributed by atoms with Gasteiger partial charge >= 0.3 is 0 Å². The number of nitrogens with one attached hydrogen (secondary N) is 1. The minimum atomic E-state index is -3.38. The molecule has 1 N–H and O–H groups in total. The van der Waals surface area contributed by atoms with Crippen LogP contribution in [-0.4, -0.2) is 31.7 Å². The number of rotatable bonds is 7. The van der Waals surface area contributed by atoms with Gasteiger partial charge in [-0.05, 0) is 74.1 Å². The first kappa shape index (κ1) is 24.0. The van der Waals surface area contributed by atoms with Gasteiger partial charge in [-0.25, -0.2) is 12.7 Å². The summed E-state index contributed by atoms with van der Waals surface area (Å²) in [7, 11) is -3.38. The summed E-state index contributed by atoms with van der Waals surface area (Å²) in [5.41, 5.74) is 5.93. The lowest BCUT2D eigenvalue weighted by Gasteiger charge is -2.31. The molecule has 1 aliphatic heterocycles. The van der Waals surface area contributed by atoms with Crippen molar-refractivity contribution in [2.75, 3.05) is 13.1 Å². The molecule has 0 saturated carbocycles. The number of hydrogen-bond acceptors (Lipinski definition) is 3. The normalized spacial score (nSPS) is 18.5.